The standard InChI is InChI=1S/C17H15NO2S2/c19-17(4-3-14-5-8-21-12-14)18(10-15-6-9-22-13-15)11-16-2-1-7-20-16/h1-9,12-13H,10-11H2/b4-3+. The van der Waals surface area contributed by atoms with Crippen LogP contribution in [-0.2, 0) is 17.9 Å². The second kappa shape index (κ2) is 7.24. The van der Waals surface area contributed by atoms with E-state index in [-0.39, 0.29) is 5.91 Å². The van der Waals surface area contributed by atoms with Crippen LogP contribution in [0.4, 0.5) is 0 Å². The Morgan fingerprint density at radius 1 is 1.14 bits per heavy atom. The quantitative estimate of drug-likeness (QED) is 0.617. The van der Waals surface area contributed by atoms with Crippen LogP contribution in [0.15, 0.2) is 62.5 Å². The zero-order valence-corrected chi connectivity index (χ0v) is 13.5. The van der Waals surface area contributed by atoms with E-state index in [1.165, 1.54) is 0 Å². The number of hydrogen-bond acceptors (Lipinski definition) is 4. The number of thiophene rings is 2. The predicted octanol–water partition coefficient (Wildman–Crippen LogP) is 4.64. The second-order valence-corrected chi connectivity index (χ2v) is 6.36. The van der Waals surface area contributed by atoms with Crippen LogP contribution >= 0.6 is 22.7 Å². The molecule has 3 rings (SSSR count). The highest BCUT2D eigenvalue weighted by Crippen LogP contribution is 2.15. The molecule has 0 unspecified atom stereocenters. The van der Waals surface area contributed by atoms with Gasteiger partial charge in [0.05, 0.1) is 12.8 Å². The third-order valence-electron chi connectivity index (χ3n) is 3.15. The predicted molar refractivity (Wildman–Crippen MR) is 90.6 cm³/mol. The van der Waals surface area contributed by atoms with Crippen molar-refractivity contribution >= 4 is 34.7 Å². The van der Waals surface area contributed by atoms with E-state index < -0.39 is 0 Å². The monoisotopic (exact) mass is 329 g/mol. The number of amides is 1. The van der Waals surface area contributed by atoms with Gasteiger partial charge >= 0.3 is 0 Å². The van der Waals surface area contributed by atoms with Gasteiger partial charge < -0.3 is 9.32 Å². The van der Waals surface area contributed by atoms with Crippen molar-refractivity contribution in [1.82, 2.24) is 4.90 Å². The molecule has 3 heterocycles. The fourth-order valence-electron chi connectivity index (χ4n) is 2.05. The van der Waals surface area contributed by atoms with E-state index in [9.17, 15) is 4.79 Å². The van der Waals surface area contributed by atoms with Gasteiger partial charge in [-0.2, -0.15) is 22.7 Å². The molecular weight excluding hydrogens is 314 g/mol. The first-order valence-electron chi connectivity index (χ1n) is 6.84. The minimum absolute atomic E-state index is 0.0196. The molecule has 5 heteroatoms. The summed E-state index contributed by atoms with van der Waals surface area (Å²) in [5.41, 5.74) is 2.18. The van der Waals surface area contributed by atoms with E-state index in [0.717, 1.165) is 16.9 Å². The highest BCUT2D eigenvalue weighted by Gasteiger charge is 2.13. The van der Waals surface area contributed by atoms with Gasteiger partial charge in [0.15, 0.2) is 0 Å². The van der Waals surface area contributed by atoms with Gasteiger partial charge in [0.25, 0.3) is 0 Å². The van der Waals surface area contributed by atoms with E-state index in [4.69, 9.17) is 4.42 Å². The Labute approximate surface area is 137 Å². The number of carbonyl (C=O) groups excluding carboxylic acids is 1. The Bertz CT molecular complexity index is 677. The van der Waals surface area contributed by atoms with Crippen LogP contribution < -0.4 is 0 Å². The van der Waals surface area contributed by atoms with Crippen LogP contribution in [0.1, 0.15) is 16.9 Å². The lowest BCUT2D eigenvalue weighted by molar-refractivity contribution is -0.127. The highest BCUT2D eigenvalue weighted by molar-refractivity contribution is 7.08. The molecule has 0 atom stereocenters. The smallest absolute Gasteiger partial charge is 0.247 e. The minimum atomic E-state index is -0.0196. The fraction of sp³-hybridized carbons (Fsp3) is 0.118. The summed E-state index contributed by atoms with van der Waals surface area (Å²) in [6, 6.07) is 7.75. The summed E-state index contributed by atoms with van der Waals surface area (Å²) in [5, 5.41) is 8.09. The fourth-order valence-corrected chi connectivity index (χ4v) is 3.34. The molecule has 0 aliphatic heterocycles. The Kier molecular flexibility index (Phi) is 4.88. The molecule has 0 spiro atoms. The Morgan fingerprint density at radius 2 is 2.00 bits per heavy atom. The Balaban J connectivity index is 1.73. The van der Waals surface area contributed by atoms with Gasteiger partial charge in [-0.3, -0.25) is 4.79 Å². The molecule has 0 bridgehead atoms. The maximum Gasteiger partial charge on any atom is 0.247 e. The van der Waals surface area contributed by atoms with Crippen molar-refractivity contribution < 1.29 is 9.21 Å². The molecule has 112 valence electrons. The second-order valence-electron chi connectivity index (χ2n) is 4.80. The van der Waals surface area contributed by atoms with Crippen LogP contribution in [0.5, 0.6) is 0 Å². The third-order valence-corrected chi connectivity index (χ3v) is 4.59. The van der Waals surface area contributed by atoms with E-state index in [1.54, 1.807) is 39.9 Å². The molecule has 1 amide bonds. The van der Waals surface area contributed by atoms with E-state index in [1.807, 2.05) is 46.5 Å². The summed E-state index contributed by atoms with van der Waals surface area (Å²) >= 11 is 3.25. The number of rotatable bonds is 6. The molecule has 0 radical (unpaired) electrons. The summed E-state index contributed by atoms with van der Waals surface area (Å²) in [6.45, 7) is 1.05. The molecule has 0 saturated carbocycles. The first-order chi connectivity index (χ1) is 10.8. The molecule has 0 N–H and O–H groups in total. The van der Waals surface area contributed by atoms with Gasteiger partial charge in [-0.1, -0.05) is 0 Å². The largest absolute Gasteiger partial charge is 0.467 e. The molecule has 22 heavy (non-hydrogen) atoms. The summed E-state index contributed by atoms with van der Waals surface area (Å²) in [5.74, 6) is 0.765. The molecule has 0 aliphatic carbocycles. The van der Waals surface area contributed by atoms with Gasteiger partial charge in [-0.05, 0) is 63.0 Å². The van der Waals surface area contributed by atoms with Crippen molar-refractivity contribution in [2.24, 2.45) is 0 Å². The Hall–Kier alpha value is -2.11. The van der Waals surface area contributed by atoms with Gasteiger partial charge in [0.2, 0.25) is 5.91 Å². The van der Waals surface area contributed by atoms with Crippen LogP contribution in [0, 0.1) is 0 Å². The van der Waals surface area contributed by atoms with Crippen LogP contribution in [-0.4, -0.2) is 10.8 Å². The molecule has 0 aliphatic rings. The number of furan rings is 1. The van der Waals surface area contributed by atoms with E-state index in [2.05, 4.69) is 5.38 Å². The number of carbonyl (C=O) groups is 1. The molecule has 0 saturated heterocycles. The number of hydrogen-bond donors (Lipinski definition) is 0. The number of nitrogens with zero attached hydrogens (tertiary/aromatic N) is 1. The van der Waals surface area contributed by atoms with Gasteiger partial charge in [-0.15, -0.1) is 0 Å². The molecule has 3 nitrogen and oxygen atoms in total. The maximum atomic E-state index is 12.5. The van der Waals surface area contributed by atoms with Gasteiger partial charge in [0.1, 0.15) is 5.76 Å². The topological polar surface area (TPSA) is 33.5 Å². The van der Waals surface area contributed by atoms with Crippen molar-refractivity contribution in [1.29, 1.82) is 0 Å². The SMILES string of the molecule is O=C(/C=C/c1ccsc1)N(Cc1ccsc1)Cc1ccco1. The first kappa shape index (κ1) is 14.8. The van der Waals surface area contributed by atoms with Gasteiger partial charge in [0, 0.05) is 12.6 Å². The lowest BCUT2D eigenvalue weighted by Gasteiger charge is -2.19. The summed E-state index contributed by atoms with van der Waals surface area (Å²) in [6.07, 6.45) is 5.10. The molecule has 0 fully saturated rings. The highest BCUT2D eigenvalue weighted by atomic mass is 32.1. The van der Waals surface area contributed by atoms with Crippen LogP contribution in [0.25, 0.3) is 6.08 Å². The molecule has 3 aromatic heterocycles. The average molecular weight is 329 g/mol. The molecular formula is C17H15NO2S2. The van der Waals surface area contributed by atoms with Crippen LogP contribution in [0.2, 0.25) is 0 Å². The van der Waals surface area contributed by atoms with Crippen molar-refractivity contribution in [2.45, 2.75) is 13.1 Å². The zero-order valence-electron chi connectivity index (χ0n) is 11.8. The lowest BCUT2D eigenvalue weighted by atomic mass is 10.2. The van der Waals surface area contributed by atoms with E-state index in [0.29, 0.717) is 13.1 Å². The summed E-state index contributed by atoms with van der Waals surface area (Å²) < 4.78 is 5.37. The molecule has 3 aromatic rings. The normalized spacial score (nSPS) is 11.1. The van der Waals surface area contributed by atoms with Crippen molar-refractivity contribution in [2.75, 3.05) is 0 Å². The first-order valence-corrected chi connectivity index (χ1v) is 8.72. The summed E-state index contributed by atoms with van der Waals surface area (Å²) in [4.78, 5) is 14.3. The maximum absolute atomic E-state index is 12.5. The summed E-state index contributed by atoms with van der Waals surface area (Å²) in [7, 11) is 0. The van der Waals surface area contributed by atoms with Gasteiger partial charge in [-0.25, -0.2) is 0 Å². The molecule has 0 aromatic carbocycles. The zero-order chi connectivity index (χ0) is 15.2. The van der Waals surface area contributed by atoms with Crippen molar-refractivity contribution in [3.05, 3.63) is 75.0 Å². The average Bonchev–Trinajstić information content (AvgIpc) is 3.27. The Morgan fingerprint density at radius 3 is 2.68 bits per heavy atom. The van der Waals surface area contributed by atoms with Crippen LogP contribution in [0.3, 0.4) is 0 Å². The van der Waals surface area contributed by atoms with Crippen molar-refractivity contribution in [3.63, 3.8) is 0 Å². The van der Waals surface area contributed by atoms with E-state index >= 15 is 0 Å². The van der Waals surface area contributed by atoms with Crippen molar-refractivity contribution in [3.8, 4) is 0 Å². The minimum Gasteiger partial charge on any atom is -0.467 e. The lowest BCUT2D eigenvalue weighted by Crippen LogP contribution is -2.28. The third kappa shape index (κ3) is 3.96.